The first-order valence-electron chi connectivity index (χ1n) is 9.18. The average molecular weight is 401 g/mol. The Bertz CT molecular complexity index is 867. The lowest BCUT2D eigenvalue weighted by Gasteiger charge is -2.11. The van der Waals surface area contributed by atoms with Crippen LogP contribution in [0.4, 0.5) is 4.79 Å². The largest absolute Gasteiger partial charge is 0.475 e. The van der Waals surface area contributed by atoms with Gasteiger partial charge in [-0.15, -0.1) is 11.3 Å². The summed E-state index contributed by atoms with van der Waals surface area (Å²) in [5.41, 5.74) is 1.86. The van der Waals surface area contributed by atoms with Crippen LogP contribution in [0, 0.1) is 0 Å². The van der Waals surface area contributed by atoms with Gasteiger partial charge in [-0.2, -0.15) is 0 Å². The van der Waals surface area contributed by atoms with Gasteiger partial charge in [0.2, 0.25) is 5.88 Å². The maximum absolute atomic E-state index is 12.0. The van der Waals surface area contributed by atoms with Gasteiger partial charge in [-0.3, -0.25) is 0 Å². The molecule has 2 amide bonds. The smallest absolute Gasteiger partial charge is 0.315 e. The maximum Gasteiger partial charge on any atom is 0.315 e. The molecule has 7 nitrogen and oxygen atoms in total. The van der Waals surface area contributed by atoms with E-state index in [2.05, 4.69) is 26.7 Å². The van der Waals surface area contributed by atoms with Crippen LogP contribution in [-0.4, -0.2) is 42.9 Å². The molecule has 0 atom stereocenters. The Morgan fingerprint density at radius 1 is 1.14 bits per heavy atom. The first-order chi connectivity index (χ1) is 13.8. The number of carbonyl (C=O) groups excluding carboxylic acids is 1. The lowest BCUT2D eigenvalue weighted by atomic mass is 10.2. The number of rotatable bonds is 10. The minimum atomic E-state index is -0.212. The molecule has 28 heavy (non-hydrogen) atoms. The number of carbonyl (C=O) groups is 1. The van der Waals surface area contributed by atoms with Gasteiger partial charge in [0.25, 0.3) is 0 Å². The average Bonchev–Trinajstić information content (AvgIpc) is 3.13. The SMILES string of the molecule is COCCOc1ncccc1CNC(=O)NCCCc1nc2ccccc2s1. The molecule has 0 saturated heterocycles. The van der Waals surface area contributed by atoms with Crippen molar-refractivity contribution in [2.75, 3.05) is 26.9 Å². The Balaban J connectivity index is 1.38. The predicted octanol–water partition coefficient (Wildman–Crippen LogP) is 3.15. The molecule has 3 aromatic rings. The molecule has 0 unspecified atom stereocenters. The van der Waals surface area contributed by atoms with Crippen LogP contribution in [-0.2, 0) is 17.7 Å². The molecule has 0 spiro atoms. The van der Waals surface area contributed by atoms with Gasteiger partial charge in [-0.1, -0.05) is 18.2 Å². The summed E-state index contributed by atoms with van der Waals surface area (Å²) >= 11 is 1.70. The first-order valence-corrected chi connectivity index (χ1v) is 9.99. The van der Waals surface area contributed by atoms with Gasteiger partial charge < -0.3 is 20.1 Å². The monoisotopic (exact) mass is 400 g/mol. The molecular weight excluding hydrogens is 376 g/mol. The molecule has 2 N–H and O–H groups in total. The third-order valence-corrected chi connectivity index (χ3v) is 5.10. The molecule has 0 aliphatic heterocycles. The van der Waals surface area contributed by atoms with Crippen LogP contribution < -0.4 is 15.4 Å². The van der Waals surface area contributed by atoms with Crippen molar-refractivity contribution >= 4 is 27.6 Å². The molecule has 0 aliphatic rings. The zero-order valence-corrected chi connectivity index (χ0v) is 16.6. The molecule has 2 heterocycles. The third-order valence-electron chi connectivity index (χ3n) is 4.01. The number of para-hydroxylation sites is 1. The topological polar surface area (TPSA) is 85.4 Å². The molecule has 0 radical (unpaired) electrons. The van der Waals surface area contributed by atoms with Crippen molar-refractivity contribution < 1.29 is 14.3 Å². The maximum atomic E-state index is 12.0. The highest BCUT2D eigenvalue weighted by molar-refractivity contribution is 7.18. The van der Waals surface area contributed by atoms with Crippen molar-refractivity contribution in [3.63, 3.8) is 0 Å². The van der Waals surface area contributed by atoms with E-state index in [1.807, 2.05) is 30.3 Å². The van der Waals surface area contributed by atoms with Crippen molar-refractivity contribution in [3.8, 4) is 5.88 Å². The Hall–Kier alpha value is -2.71. The zero-order valence-electron chi connectivity index (χ0n) is 15.8. The summed E-state index contributed by atoms with van der Waals surface area (Å²) in [5.74, 6) is 0.510. The molecule has 0 saturated carbocycles. The number of benzene rings is 1. The van der Waals surface area contributed by atoms with E-state index in [1.54, 1.807) is 24.6 Å². The van der Waals surface area contributed by atoms with Crippen LogP contribution in [0.1, 0.15) is 17.0 Å². The fourth-order valence-electron chi connectivity index (χ4n) is 2.62. The molecule has 8 heteroatoms. The predicted molar refractivity (Wildman–Crippen MR) is 110 cm³/mol. The summed E-state index contributed by atoms with van der Waals surface area (Å²) in [7, 11) is 1.62. The highest BCUT2D eigenvalue weighted by Crippen LogP contribution is 2.22. The van der Waals surface area contributed by atoms with Crippen LogP contribution in [0.25, 0.3) is 10.2 Å². The summed E-state index contributed by atoms with van der Waals surface area (Å²) in [5, 5.41) is 6.80. The van der Waals surface area contributed by atoms with E-state index in [9.17, 15) is 4.79 Å². The summed E-state index contributed by atoms with van der Waals surface area (Å²) < 4.78 is 11.7. The summed E-state index contributed by atoms with van der Waals surface area (Å²) in [6.07, 6.45) is 3.35. The number of nitrogens with zero attached hydrogens (tertiary/aromatic N) is 2. The Kier molecular flexibility index (Phi) is 7.57. The van der Waals surface area contributed by atoms with E-state index < -0.39 is 0 Å². The number of methoxy groups -OCH3 is 1. The number of urea groups is 1. The van der Waals surface area contributed by atoms with Gasteiger partial charge >= 0.3 is 6.03 Å². The Morgan fingerprint density at radius 2 is 2.04 bits per heavy atom. The second kappa shape index (κ2) is 10.6. The number of nitrogens with one attached hydrogen (secondary N) is 2. The fraction of sp³-hybridized carbons (Fsp3) is 0.350. The molecule has 2 aromatic heterocycles. The van der Waals surface area contributed by atoms with Gasteiger partial charge in [0.15, 0.2) is 0 Å². The van der Waals surface area contributed by atoms with Crippen LogP contribution in [0.5, 0.6) is 5.88 Å². The van der Waals surface area contributed by atoms with E-state index in [0.29, 0.717) is 32.2 Å². The minimum Gasteiger partial charge on any atom is -0.475 e. The third kappa shape index (κ3) is 5.90. The van der Waals surface area contributed by atoms with Crippen LogP contribution >= 0.6 is 11.3 Å². The number of thiazole rings is 1. The quantitative estimate of drug-likeness (QED) is 0.511. The fourth-order valence-corrected chi connectivity index (χ4v) is 3.63. The zero-order chi connectivity index (χ0) is 19.6. The van der Waals surface area contributed by atoms with E-state index >= 15 is 0 Å². The number of hydrogen-bond donors (Lipinski definition) is 2. The molecule has 3 rings (SSSR count). The highest BCUT2D eigenvalue weighted by atomic mass is 32.1. The van der Waals surface area contributed by atoms with Crippen LogP contribution in [0.2, 0.25) is 0 Å². The van der Waals surface area contributed by atoms with E-state index in [-0.39, 0.29) is 6.03 Å². The lowest BCUT2D eigenvalue weighted by molar-refractivity contribution is 0.143. The van der Waals surface area contributed by atoms with Crippen molar-refractivity contribution in [2.24, 2.45) is 0 Å². The van der Waals surface area contributed by atoms with E-state index in [1.165, 1.54) is 4.70 Å². The summed E-state index contributed by atoms with van der Waals surface area (Å²) in [4.78, 5) is 20.8. The van der Waals surface area contributed by atoms with Crippen molar-refractivity contribution in [1.29, 1.82) is 0 Å². The Labute approximate surface area is 168 Å². The number of aryl methyl sites for hydroxylation is 1. The summed E-state index contributed by atoms with van der Waals surface area (Å²) in [6, 6.07) is 11.6. The second-order valence-corrected chi connectivity index (χ2v) is 7.21. The number of amides is 2. The minimum absolute atomic E-state index is 0.212. The first kappa shape index (κ1) is 20.0. The number of hydrogen-bond acceptors (Lipinski definition) is 6. The van der Waals surface area contributed by atoms with Gasteiger partial charge in [0.1, 0.15) is 6.61 Å². The van der Waals surface area contributed by atoms with Crippen LogP contribution in [0.3, 0.4) is 0 Å². The number of ether oxygens (including phenoxy) is 2. The van der Waals surface area contributed by atoms with Crippen molar-refractivity contribution in [2.45, 2.75) is 19.4 Å². The normalized spacial score (nSPS) is 10.8. The number of aromatic nitrogens is 2. The standard InChI is InChI=1S/C20H24N4O3S/c1-26-12-13-27-19-15(6-4-10-21-19)14-23-20(25)22-11-5-9-18-24-16-7-2-3-8-17(16)28-18/h2-4,6-8,10H,5,9,11-14H2,1H3,(H2,22,23,25). The van der Waals surface area contributed by atoms with Gasteiger partial charge in [0, 0.05) is 38.4 Å². The van der Waals surface area contributed by atoms with E-state index in [0.717, 1.165) is 28.9 Å². The second-order valence-electron chi connectivity index (χ2n) is 6.10. The molecular formula is C20H24N4O3S. The van der Waals surface area contributed by atoms with Crippen molar-refractivity contribution in [1.82, 2.24) is 20.6 Å². The van der Waals surface area contributed by atoms with Crippen molar-refractivity contribution in [3.05, 3.63) is 53.2 Å². The molecule has 1 aromatic carbocycles. The number of fused-ring (bicyclic) bond motifs is 1. The van der Waals surface area contributed by atoms with Gasteiger partial charge in [-0.05, 0) is 24.6 Å². The molecule has 0 bridgehead atoms. The Morgan fingerprint density at radius 3 is 2.89 bits per heavy atom. The van der Waals surface area contributed by atoms with Gasteiger partial charge in [0.05, 0.1) is 21.8 Å². The highest BCUT2D eigenvalue weighted by Gasteiger charge is 2.07. The molecule has 148 valence electrons. The molecule has 0 fully saturated rings. The van der Waals surface area contributed by atoms with Gasteiger partial charge in [-0.25, -0.2) is 14.8 Å². The number of pyridine rings is 1. The summed E-state index contributed by atoms with van der Waals surface area (Å²) in [6.45, 7) is 1.84. The van der Waals surface area contributed by atoms with E-state index in [4.69, 9.17) is 9.47 Å². The molecule has 0 aliphatic carbocycles. The van der Waals surface area contributed by atoms with Crippen LogP contribution in [0.15, 0.2) is 42.6 Å². The lowest BCUT2D eigenvalue weighted by Crippen LogP contribution is -2.35.